The summed E-state index contributed by atoms with van der Waals surface area (Å²) in [5.74, 6) is 0. The van der Waals surface area contributed by atoms with Gasteiger partial charge in [0.1, 0.15) is 0 Å². The zero-order valence-corrected chi connectivity index (χ0v) is 9.86. The second kappa shape index (κ2) is 5.43. The van der Waals surface area contributed by atoms with Gasteiger partial charge in [0.05, 0.1) is 6.61 Å². The third-order valence-electron chi connectivity index (χ3n) is 2.72. The average Bonchev–Trinajstić information content (AvgIpc) is 2.66. The van der Waals surface area contributed by atoms with Crippen molar-refractivity contribution in [3.8, 4) is 0 Å². The maximum Gasteiger partial charge on any atom is 0.257 e. The molecule has 4 nitrogen and oxygen atoms in total. The van der Waals surface area contributed by atoms with Crippen LogP contribution in [0.15, 0.2) is 24.3 Å². The van der Waals surface area contributed by atoms with Crippen molar-refractivity contribution in [3.05, 3.63) is 35.4 Å². The van der Waals surface area contributed by atoms with Crippen LogP contribution in [0.25, 0.3) is 0 Å². The van der Waals surface area contributed by atoms with Gasteiger partial charge in [0, 0.05) is 19.6 Å². The highest BCUT2D eigenvalue weighted by Gasteiger charge is 2.17. The molecule has 0 fully saturated rings. The summed E-state index contributed by atoms with van der Waals surface area (Å²) in [6.07, 6.45) is 0.747. The van der Waals surface area contributed by atoms with E-state index in [0.29, 0.717) is 0 Å². The molecule has 0 aliphatic carbocycles. The van der Waals surface area contributed by atoms with Crippen LogP contribution in [0, 0.1) is 0 Å². The maximum absolute atomic E-state index is 10.2. The van der Waals surface area contributed by atoms with E-state index in [0.717, 1.165) is 26.1 Å². The molecule has 1 aromatic rings. The van der Waals surface area contributed by atoms with Gasteiger partial charge in [-0.1, -0.05) is 24.3 Å². The zero-order valence-electron chi connectivity index (χ0n) is 8.96. The van der Waals surface area contributed by atoms with Crippen molar-refractivity contribution >= 4 is 11.0 Å². The topological polar surface area (TPSA) is 46.6 Å². The van der Waals surface area contributed by atoms with Gasteiger partial charge in [-0.3, -0.25) is 9.08 Å². The van der Waals surface area contributed by atoms with Gasteiger partial charge in [-0.05, 0) is 17.5 Å². The third-order valence-corrected chi connectivity index (χ3v) is 3.12. The van der Waals surface area contributed by atoms with Gasteiger partial charge in [-0.15, -0.1) is 0 Å². The zero-order chi connectivity index (χ0) is 11.4. The van der Waals surface area contributed by atoms with E-state index < -0.39 is 11.0 Å². The number of thiol groups is 1. The molecule has 1 heterocycles. The Labute approximate surface area is 97.0 Å². The van der Waals surface area contributed by atoms with Gasteiger partial charge in [-0.2, -0.15) is 0 Å². The van der Waals surface area contributed by atoms with E-state index in [2.05, 4.69) is 21.2 Å². The molecule has 0 saturated carbocycles. The van der Waals surface area contributed by atoms with E-state index in [-0.39, 0.29) is 6.61 Å². The second-order valence-corrected chi connectivity index (χ2v) is 4.60. The molecule has 1 aromatic carbocycles. The summed E-state index contributed by atoms with van der Waals surface area (Å²) in [5, 5.41) is 0. The monoisotopic (exact) mass is 241 g/mol. The molecule has 0 N–H and O–H groups in total. The third kappa shape index (κ3) is 3.04. The van der Waals surface area contributed by atoms with E-state index in [4.69, 9.17) is 0 Å². The highest BCUT2D eigenvalue weighted by molar-refractivity contribution is 7.67. The van der Waals surface area contributed by atoms with Crippen molar-refractivity contribution in [2.45, 2.75) is 19.5 Å². The van der Waals surface area contributed by atoms with Crippen molar-refractivity contribution in [2.24, 2.45) is 0 Å². The molecule has 88 valence electrons. The molecule has 5 heteroatoms. The Balaban J connectivity index is 1.75. The quantitative estimate of drug-likeness (QED) is 0.615. The second-order valence-electron chi connectivity index (χ2n) is 3.89. The van der Waals surface area contributed by atoms with Crippen LogP contribution >= 0.6 is 0 Å². The van der Waals surface area contributed by atoms with Crippen molar-refractivity contribution in [1.82, 2.24) is 4.90 Å². The van der Waals surface area contributed by atoms with Crippen LogP contribution in [-0.4, -0.2) is 26.5 Å². The number of nitrogens with zero attached hydrogens (tertiary/aromatic N) is 1. The Bertz CT molecular complexity index is 398. The lowest BCUT2D eigenvalue weighted by atomic mass is 10.1. The van der Waals surface area contributed by atoms with E-state index in [1.165, 1.54) is 11.1 Å². The number of hydrogen-bond donors (Lipinski definition) is 1. The summed E-state index contributed by atoms with van der Waals surface area (Å²) in [5.41, 5.74) is 2.75. The first-order valence-electron chi connectivity index (χ1n) is 5.32. The minimum atomic E-state index is -2.69. The van der Waals surface area contributed by atoms with E-state index in [9.17, 15) is 8.42 Å². The molecule has 0 bridgehead atoms. The van der Waals surface area contributed by atoms with E-state index >= 15 is 0 Å². The molecule has 0 unspecified atom stereocenters. The first-order valence-corrected chi connectivity index (χ1v) is 6.41. The number of benzene rings is 1. The molecular weight excluding hydrogens is 226 g/mol. The SMILES string of the molecule is O=[SH](=O)OCCCN1Cc2ccccc2C1. The maximum atomic E-state index is 10.2. The molecule has 0 spiro atoms. The lowest BCUT2D eigenvalue weighted by Gasteiger charge is -2.13. The molecule has 0 atom stereocenters. The Kier molecular flexibility index (Phi) is 3.93. The predicted molar refractivity (Wildman–Crippen MR) is 61.4 cm³/mol. The predicted octanol–water partition coefficient (Wildman–Crippen LogP) is 0.935. The molecule has 0 amide bonds. The Morgan fingerprint density at radius 2 is 1.81 bits per heavy atom. The lowest BCUT2D eigenvalue weighted by molar-refractivity contribution is 0.244. The van der Waals surface area contributed by atoms with Crippen molar-refractivity contribution in [2.75, 3.05) is 13.2 Å². The van der Waals surface area contributed by atoms with Crippen molar-refractivity contribution < 1.29 is 12.6 Å². The Morgan fingerprint density at radius 3 is 2.38 bits per heavy atom. The highest BCUT2D eigenvalue weighted by Crippen LogP contribution is 2.21. The van der Waals surface area contributed by atoms with Gasteiger partial charge < -0.3 is 0 Å². The van der Waals surface area contributed by atoms with Crippen LogP contribution in [0.1, 0.15) is 17.5 Å². The molecule has 16 heavy (non-hydrogen) atoms. The number of rotatable bonds is 5. The molecule has 0 aromatic heterocycles. The Morgan fingerprint density at radius 1 is 1.19 bits per heavy atom. The van der Waals surface area contributed by atoms with Gasteiger partial charge in [0.2, 0.25) is 0 Å². The molecular formula is C11H15NO3S. The summed E-state index contributed by atoms with van der Waals surface area (Å²) in [6, 6.07) is 8.38. The summed E-state index contributed by atoms with van der Waals surface area (Å²) in [6.45, 7) is 3.07. The largest absolute Gasteiger partial charge is 0.295 e. The molecule has 2 rings (SSSR count). The molecule has 0 saturated heterocycles. The van der Waals surface area contributed by atoms with Crippen LogP contribution < -0.4 is 0 Å². The van der Waals surface area contributed by atoms with Crippen LogP contribution in [0.3, 0.4) is 0 Å². The van der Waals surface area contributed by atoms with Crippen LogP contribution in [0.5, 0.6) is 0 Å². The fraction of sp³-hybridized carbons (Fsp3) is 0.455. The van der Waals surface area contributed by atoms with Crippen LogP contribution in [-0.2, 0) is 28.3 Å². The van der Waals surface area contributed by atoms with Crippen LogP contribution in [0.4, 0.5) is 0 Å². The van der Waals surface area contributed by atoms with Gasteiger partial charge in [-0.25, -0.2) is 8.42 Å². The fourth-order valence-electron chi connectivity index (χ4n) is 1.99. The van der Waals surface area contributed by atoms with Crippen molar-refractivity contribution in [1.29, 1.82) is 0 Å². The van der Waals surface area contributed by atoms with E-state index in [1.807, 2.05) is 12.1 Å². The molecule has 1 aliphatic rings. The van der Waals surface area contributed by atoms with E-state index in [1.54, 1.807) is 0 Å². The summed E-state index contributed by atoms with van der Waals surface area (Å²) in [4.78, 5) is 2.30. The van der Waals surface area contributed by atoms with Gasteiger partial charge in [0.25, 0.3) is 11.0 Å². The van der Waals surface area contributed by atoms with Crippen molar-refractivity contribution in [3.63, 3.8) is 0 Å². The first-order chi connectivity index (χ1) is 7.75. The highest BCUT2D eigenvalue weighted by atomic mass is 32.2. The Hall–Kier alpha value is -0.910. The minimum Gasteiger partial charge on any atom is -0.295 e. The molecule has 1 aliphatic heterocycles. The number of hydrogen-bond acceptors (Lipinski definition) is 4. The van der Waals surface area contributed by atoms with Gasteiger partial charge >= 0.3 is 0 Å². The normalized spacial score (nSPS) is 15.6. The average molecular weight is 241 g/mol. The standard InChI is InChI=1S/C11H15NO3S/c13-16(14)15-7-3-6-12-8-10-4-1-2-5-11(10)9-12/h1-2,4-5,16H,3,6-9H2. The summed E-state index contributed by atoms with van der Waals surface area (Å²) < 4.78 is 24.9. The summed E-state index contributed by atoms with van der Waals surface area (Å²) >= 11 is 0. The lowest BCUT2D eigenvalue weighted by Crippen LogP contribution is -2.18. The summed E-state index contributed by atoms with van der Waals surface area (Å²) in [7, 11) is -2.69. The first kappa shape index (κ1) is 11.6. The minimum absolute atomic E-state index is 0.283. The van der Waals surface area contributed by atoms with Gasteiger partial charge in [0.15, 0.2) is 0 Å². The van der Waals surface area contributed by atoms with Crippen LogP contribution in [0.2, 0.25) is 0 Å². The number of fused-ring (bicyclic) bond motifs is 1. The smallest absolute Gasteiger partial charge is 0.257 e. The molecule has 0 radical (unpaired) electrons. The fourth-order valence-corrected chi connectivity index (χ4v) is 2.27.